The van der Waals surface area contributed by atoms with Crippen molar-refractivity contribution in [2.24, 2.45) is 11.7 Å². The van der Waals surface area contributed by atoms with Crippen molar-refractivity contribution >= 4 is 23.1 Å². The lowest BCUT2D eigenvalue weighted by molar-refractivity contribution is 0.275. The summed E-state index contributed by atoms with van der Waals surface area (Å²) in [5.74, 6) is 0.581. The fraction of sp³-hybridized carbons (Fsp3) is 0.636. The maximum atomic E-state index is 9.31. The average Bonchev–Trinajstić information content (AvgIpc) is 2.65. The predicted molar refractivity (Wildman–Crippen MR) is 68.5 cm³/mol. The van der Waals surface area contributed by atoms with Gasteiger partial charge in [0.2, 0.25) is 0 Å². The third kappa shape index (κ3) is 4.55. The Hall–Kier alpha value is -0.0300. The Morgan fingerprint density at radius 3 is 2.73 bits per heavy atom. The Morgan fingerprint density at radius 1 is 1.53 bits per heavy atom. The van der Waals surface area contributed by atoms with Gasteiger partial charge in [-0.2, -0.15) is 0 Å². The molecule has 0 amide bonds. The molecule has 2 nitrogen and oxygen atoms in total. The Kier molecular flexibility index (Phi) is 5.68. The summed E-state index contributed by atoms with van der Waals surface area (Å²) in [5.41, 5.74) is 6.07. The molecule has 0 aliphatic rings. The van der Waals surface area contributed by atoms with Crippen LogP contribution in [-0.4, -0.2) is 23.0 Å². The van der Waals surface area contributed by atoms with E-state index in [1.54, 1.807) is 23.1 Å². The fourth-order valence-corrected chi connectivity index (χ4v) is 3.46. The maximum Gasteiger partial charge on any atom is 0.0602 e. The van der Waals surface area contributed by atoms with Crippen LogP contribution in [0.25, 0.3) is 0 Å². The lowest BCUT2D eigenvalue weighted by atomic mass is 10.0. The SMILES string of the molecule is CC(C)CC(N)C(CO)Sc1cccs1. The van der Waals surface area contributed by atoms with Crippen molar-refractivity contribution in [1.29, 1.82) is 0 Å². The number of aliphatic hydroxyl groups excluding tert-OH is 1. The Bertz CT molecular complexity index is 262. The molecule has 86 valence electrons. The maximum absolute atomic E-state index is 9.31. The number of hydrogen-bond donors (Lipinski definition) is 2. The van der Waals surface area contributed by atoms with Crippen molar-refractivity contribution in [1.82, 2.24) is 0 Å². The highest BCUT2D eigenvalue weighted by Crippen LogP contribution is 2.30. The first-order chi connectivity index (χ1) is 7.13. The van der Waals surface area contributed by atoms with E-state index < -0.39 is 0 Å². The van der Waals surface area contributed by atoms with Crippen LogP contribution < -0.4 is 5.73 Å². The first-order valence-corrected chi connectivity index (χ1v) is 6.96. The van der Waals surface area contributed by atoms with Gasteiger partial charge in [0.25, 0.3) is 0 Å². The Morgan fingerprint density at radius 2 is 2.27 bits per heavy atom. The Balaban J connectivity index is 2.48. The topological polar surface area (TPSA) is 46.2 Å². The zero-order chi connectivity index (χ0) is 11.3. The normalized spacial score (nSPS) is 15.5. The molecule has 15 heavy (non-hydrogen) atoms. The fourth-order valence-electron chi connectivity index (χ4n) is 1.44. The molecule has 2 unspecified atom stereocenters. The molecule has 0 fully saturated rings. The van der Waals surface area contributed by atoms with Gasteiger partial charge in [0.1, 0.15) is 0 Å². The van der Waals surface area contributed by atoms with Gasteiger partial charge in [-0.25, -0.2) is 0 Å². The molecule has 0 spiro atoms. The second kappa shape index (κ2) is 6.53. The summed E-state index contributed by atoms with van der Waals surface area (Å²) < 4.78 is 1.23. The quantitative estimate of drug-likeness (QED) is 0.757. The van der Waals surface area contributed by atoms with Crippen molar-refractivity contribution in [2.75, 3.05) is 6.61 Å². The third-order valence-electron chi connectivity index (χ3n) is 2.16. The van der Waals surface area contributed by atoms with E-state index in [1.807, 2.05) is 11.4 Å². The lowest BCUT2D eigenvalue weighted by Crippen LogP contribution is -2.36. The van der Waals surface area contributed by atoms with E-state index in [0.717, 1.165) is 6.42 Å². The number of nitrogens with two attached hydrogens (primary N) is 1. The van der Waals surface area contributed by atoms with Crippen LogP contribution in [0.3, 0.4) is 0 Å². The molecule has 0 saturated carbocycles. The van der Waals surface area contributed by atoms with E-state index in [4.69, 9.17) is 5.73 Å². The second-order valence-corrected chi connectivity index (χ2v) is 6.55. The molecule has 1 rings (SSSR count). The molecule has 3 N–H and O–H groups in total. The molecule has 2 atom stereocenters. The van der Waals surface area contributed by atoms with Gasteiger partial charge in [-0.15, -0.1) is 23.1 Å². The highest BCUT2D eigenvalue weighted by Gasteiger charge is 2.19. The minimum atomic E-state index is 0.0714. The van der Waals surface area contributed by atoms with Crippen LogP contribution in [0, 0.1) is 5.92 Å². The summed E-state index contributed by atoms with van der Waals surface area (Å²) in [5, 5.41) is 11.5. The molecule has 0 radical (unpaired) electrons. The summed E-state index contributed by atoms with van der Waals surface area (Å²) in [6, 6.07) is 4.16. The van der Waals surface area contributed by atoms with Gasteiger partial charge in [-0.1, -0.05) is 19.9 Å². The molecular weight excluding hydrogens is 226 g/mol. The van der Waals surface area contributed by atoms with E-state index in [2.05, 4.69) is 19.9 Å². The molecule has 0 saturated heterocycles. The summed E-state index contributed by atoms with van der Waals surface area (Å²) in [6.45, 7) is 4.46. The minimum Gasteiger partial charge on any atom is -0.395 e. The lowest BCUT2D eigenvalue weighted by Gasteiger charge is -2.22. The second-order valence-electron chi connectivity index (χ2n) is 4.06. The third-order valence-corrected chi connectivity index (χ3v) is 4.57. The van der Waals surface area contributed by atoms with Crippen LogP contribution in [0.4, 0.5) is 0 Å². The molecule has 1 aromatic rings. The average molecular weight is 245 g/mol. The minimum absolute atomic E-state index is 0.0714. The molecular formula is C11H19NOS2. The van der Waals surface area contributed by atoms with E-state index >= 15 is 0 Å². The molecule has 0 aromatic carbocycles. The predicted octanol–water partition coefficient (Wildman–Crippen LogP) is 2.57. The van der Waals surface area contributed by atoms with E-state index in [-0.39, 0.29) is 17.9 Å². The summed E-state index contributed by atoms with van der Waals surface area (Å²) >= 11 is 3.39. The van der Waals surface area contributed by atoms with Gasteiger partial charge >= 0.3 is 0 Å². The standard InChI is InChI=1S/C11H19NOS2/c1-8(2)6-9(12)10(7-13)15-11-4-3-5-14-11/h3-5,8-10,13H,6-7,12H2,1-2H3. The van der Waals surface area contributed by atoms with E-state index in [9.17, 15) is 5.11 Å². The number of aliphatic hydroxyl groups is 1. The first-order valence-electron chi connectivity index (χ1n) is 5.20. The molecule has 0 aliphatic carbocycles. The van der Waals surface area contributed by atoms with Crippen LogP contribution in [0.1, 0.15) is 20.3 Å². The number of hydrogen-bond acceptors (Lipinski definition) is 4. The van der Waals surface area contributed by atoms with Crippen LogP contribution in [0.15, 0.2) is 21.7 Å². The van der Waals surface area contributed by atoms with Crippen molar-refractivity contribution in [3.8, 4) is 0 Å². The zero-order valence-corrected chi connectivity index (χ0v) is 10.9. The van der Waals surface area contributed by atoms with Crippen LogP contribution >= 0.6 is 23.1 Å². The number of thioether (sulfide) groups is 1. The highest BCUT2D eigenvalue weighted by atomic mass is 32.2. The summed E-state index contributed by atoms with van der Waals surface area (Å²) in [7, 11) is 0. The van der Waals surface area contributed by atoms with Gasteiger partial charge < -0.3 is 10.8 Å². The summed E-state index contributed by atoms with van der Waals surface area (Å²) in [6.07, 6.45) is 0.962. The number of rotatable bonds is 6. The zero-order valence-electron chi connectivity index (χ0n) is 9.22. The van der Waals surface area contributed by atoms with Crippen molar-refractivity contribution < 1.29 is 5.11 Å². The van der Waals surface area contributed by atoms with Gasteiger partial charge in [-0.05, 0) is 23.8 Å². The van der Waals surface area contributed by atoms with Crippen molar-refractivity contribution in [2.45, 2.75) is 35.8 Å². The van der Waals surface area contributed by atoms with Gasteiger partial charge in [0, 0.05) is 11.3 Å². The largest absolute Gasteiger partial charge is 0.395 e. The van der Waals surface area contributed by atoms with Crippen LogP contribution in [0.2, 0.25) is 0 Å². The van der Waals surface area contributed by atoms with E-state index in [1.165, 1.54) is 4.21 Å². The van der Waals surface area contributed by atoms with Crippen LogP contribution in [-0.2, 0) is 0 Å². The van der Waals surface area contributed by atoms with E-state index in [0.29, 0.717) is 5.92 Å². The molecule has 1 heterocycles. The van der Waals surface area contributed by atoms with Gasteiger partial charge in [0.05, 0.1) is 10.8 Å². The Labute approximate surface area is 99.9 Å². The highest BCUT2D eigenvalue weighted by molar-refractivity contribution is 8.01. The van der Waals surface area contributed by atoms with Crippen molar-refractivity contribution in [3.05, 3.63) is 17.5 Å². The first kappa shape index (κ1) is 13.0. The molecule has 0 bridgehead atoms. The smallest absolute Gasteiger partial charge is 0.0602 e. The molecule has 4 heteroatoms. The number of thiophene rings is 1. The van der Waals surface area contributed by atoms with Crippen LogP contribution in [0.5, 0.6) is 0 Å². The van der Waals surface area contributed by atoms with Crippen molar-refractivity contribution in [3.63, 3.8) is 0 Å². The van der Waals surface area contributed by atoms with Gasteiger partial charge in [-0.3, -0.25) is 0 Å². The monoisotopic (exact) mass is 245 g/mol. The van der Waals surface area contributed by atoms with Gasteiger partial charge in [0.15, 0.2) is 0 Å². The molecule has 1 aromatic heterocycles. The molecule has 0 aliphatic heterocycles. The summed E-state index contributed by atoms with van der Waals surface area (Å²) in [4.78, 5) is 0.